The Labute approximate surface area is 318 Å². The molecular formula is C50H33N5. The summed E-state index contributed by atoms with van der Waals surface area (Å²) < 4.78 is 1.87. The van der Waals surface area contributed by atoms with Crippen molar-refractivity contribution < 1.29 is 0 Å². The summed E-state index contributed by atoms with van der Waals surface area (Å²) in [7, 11) is 0. The van der Waals surface area contributed by atoms with E-state index in [9.17, 15) is 0 Å². The molecule has 7 aromatic carbocycles. The summed E-state index contributed by atoms with van der Waals surface area (Å²) in [5.41, 5.74) is 12.9. The maximum Gasteiger partial charge on any atom is 0.182 e. The van der Waals surface area contributed by atoms with Crippen molar-refractivity contribution in [1.82, 2.24) is 24.6 Å². The molecular weight excluding hydrogens is 671 g/mol. The third-order valence-corrected chi connectivity index (χ3v) is 10.1. The van der Waals surface area contributed by atoms with E-state index in [0.717, 1.165) is 67.1 Å². The fourth-order valence-corrected chi connectivity index (χ4v) is 7.24. The molecule has 0 bridgehead atoms. The SMILES string of the molecule is c1ccc(-c2ccc(-c3cc(-c4cc(-c5ccc6ccccc6c5)cc(-c5nc6c(-c7ccccc7)cccn6n5)c4)nc(-c4ccccc4)n3)cc2)cc1. The molecule has 55 heavy (non-hydrogen) atoms. The Morgan fingerprint density at radius 1 is 0.309 bits per heavy atom. The van der Waals surface area contributed by atoms with Crippen LogP contribution in [0, 0.1) is 0 Å². The summed E-state index contributed by atoms with van der Waals surface area (Å²) in [4.78, 5) is 15.5. The van der Waals surface area contributed by atoms with Crippen LogP contribution in [-0.2, 0) is 0 Å². The van der Waals surface area contributed by atoms with E-state index >= 15 is 0 Å². The van der Waals surface area contributed by atoms with Crippen molar-refractivity contribution >= 4 is 16.4 Å². The van der Waals surface area contributed by atoms with Crippen molar-refractivity contribution in [1.29, 1.82) is 0 Å². The zero-order valence-electron chi connectivity index (χ0n) is 29.8. The monoisotopic (exact) mass is 703 g/mol. The number of nitrogens with zero attached hydrogens (tertiary/aromatic N) is 5. The highest BCUT2D eigenvalue weighted by atomic mass is 15.3. The van der Waals surface area contributed by atoms with E-state index in [1.165, 1.54) is 16.3 Å². The minimum Gasteiger partial charge on any atom is -0.228 e. The van der Waals surface area contributed by atoms with Gasteiger partial charge in [-0.05, 0) is 81.1 Å². The third-order valence-electron chi connectivity index (χ3n) is 10.1. The summed E-state index contributed by atoms with van der Waals surface area (Å²) in [5.74, 6) is 1.30. The number of hydrogen-bond donors (Lipinski definition) is 0. The van der Waals surface area contributed by atoms with Gasteiger partial charge in [-0.15, -0.1) is 5.10 Å². The van der Waals surface area contributed by atoms with Gasteiger partial charge in [-0.2, -0.15) is 0 Å². The second-order valence-corrected chi connectivity index (χ2v) is 13.6. The van der Waals surface area contributed by atoms with E-state index < -0.39 is 0 Å². The zero-order valence-corrected chi connectivity index (χ0v) is 29.8. The maximum absolute atomic E-state index is 5.22. The first kappa shape index (κ1) is 32.2. The van der Waals surface area contributed by atoms with Crippen molar-refractivity contribution in [3.63, 3.8) is 0 Å². The van der Waals surface area contributed by atoms with Crippen LogP contribution in [0.1, 0.15) is 0 Å². The molecule has 5 heteroatoms. The van der Waals surface area contributed by atoms with Gasteiger partial charge >= 0.3 is 0 Å². The quantitative estimate of drug-likeness (QED) is 0.166. The van der Waals surface area contributed by atoms with Crippen molar-refractivity contribution in [3.05, 3.63) is 200 Å². The first-order valence-corrected chi connectivity index (χ1v) is 18.4. The Morgan fingerprint density at radius 3 is 1.62 bits per heavy atom. The Morgan fingerprint density at radius 2 is 0.873 bits per heavy atom. The summed E-state index contributed by atoms with van der Waals surface area (Å²) >= 11 is 0. The van der Waals surface area contributed by atoms with E-state index in [0.29, 0.717) is 11.6 Å². The lowest BCUT2D eigenvalue weighted by atomic mass is 9.95. The standard InChI is InChI=1S/C50H33N5/c1-4-13-34(14-5-1)36-22-25-38(26-23-36)46-33-47(52-48(51-46)39-18-8-3-9-19-39)43-30-42(41-27-24-35-15-10-11-20-40(35)29-41)31-44(32-43)49-53-50-45(21-12-28-55(50)54-49)37-16-6-2-7-17-37/h1-33H. The molecule has 3 heterocycles. The second kappa shape index (κ2) is 13.8. The van der Waals surface area contributed by atoms with E-state index in [1.807, 2.05) is 59.2 Å². The lowest BCUT2D eigenvalue weighted by molar-refractivity contribution is 0.967. The molecule has 5 nitrogen and oxygen atoms in total. The Bertz CT molecular complexity index is 2950. The highest BCUT2D eigenvalue weighted by Crippen LogP contribution is 2.36. The molecule has 258 valence electrons. The molecule has 0 saturated carbocycles. The van der Waals surface area contributed by atoms with Crippen molar-refractivity contribution in [2.45, 2.75) is 0 Å². The van der Waals surface area contributed by atoms with Crippen molar-refractivity contribution in [2.24, 2.45) is 0 Å². The molecule has 0 aliphatic heterocycles. The van der Waals surface area contributed by atoms with Crippen LogP contribution in [0.3, 0.4) is 0 Å². The summed E-state index contributed by atoms with van der Waals surface area (Å²) in [6, 6.07) is 67.4. The van der Waals surface area contributed by atoms with Crippen LogP contribution in [0.4, 0.5) is 0 Å². The molecule has 0 N–H and O–H groups in total. The van der Waals surface area contributed by atoms with Gasteiger partial charge in [0.25, 0.3) is 0 Å². The van der Waals surface area contributed by atoms with Crippen LogP contribution in [0.15, 0.2) is 200 Å². The zero-order chi connectivity index (χ0) is 36.6. The first-order chi connectivity index (χ1) is 27.2. The predicted molar refractivity (Wildman–Crippen MR) is 224 cm³/mol. The first-order valence-electron chi connectivity index (χ1n) is 18.4. The fourth-order valence-electron chi connectivity index (χ4n) is 7.24. The Hall–Kier alpha value is -7.50. The highest BCUT2D eigenvalue weighted by Gasteiger charge is 2.17. The molecule has 0 unspecified atom stereocenters. The smallest absolute Gasteiger partial charge is 0.182 e. The van der Waals surface area contributed by atoms with Crippen LogP contribution < -0.4 is 0 Å². The summed E-state index contributed by atoms with van der Waals surface area (Å²) in [5, 5.41) is 7.40. The summed E-state index contributed by atoms with van der Waals surface area (Å²) in [6.45, 7) is 0. The van der Waals surface area contributed by atoms with E-state index in [1.54, 1.807) is 0 Å². The number of pyridine rings is 1. The van der Waals surface area contributed by atoms with Crippen LogP contribution in [-0.4, -0.2) is 24.6 Å². The second-order valence-electron chi connectivity index (χ2n) is 13.6. The van der Waals surface area contributed by atoms with Gasteiger partial charge in [-0.3, -0.25) is 0 Å². The molecule has 0 spiro atoms. The van der Waals surface area contributed by atoms with Crippen LogP contribution >= 0.6 is 0 Å². The average Bonchev–Trinajstić information content (AvgIpc) is 3.72. The minimum atomic E-state index is 0.640. The van der Waals surface area contributed by atoms with Gasteiger partial charge in [0.05, 0.1) is 11.4 Å². The number of hydrogen-bond acceptors (Lipinski definition) is 4. The third kappa shape index (κ3) is 6.34. The van der Waals surface area contributed by atoms with Gasteiger partial charge < -0.3 is 0 Å². The molecule has 0 amide bonds. The lowest BCUT2D eigenvalue weighted by Crippen LogP contribution is -1.97. The van der Waals surface area contributed by atoms with Crippen LogP contribution in [0.5, 0.6) is 0 Å². The number of fused-ring (bicyclic) bond motifs is 2. The van der Waals surface area contributed by atoms with Crippen molar-refractivity contribution in [3.8, 4) is 78.7 Å². The van der Waals surface area contributed by atoms with Crippen LogP contribution in [0.2, 0.25) is 0 Å². The van der Waals surface area contributed by atoms with E-state index in [4.69, 9.17) is 20.1 Å². The molecule has 0 fully saturated rings. The molecule has 0 radical (unpaired) electrons. The van der Waals surface area contributed by atoms with Crippen LogP contribution in [0.25, 0.3) is 95.1 Å². The topological polar surface area (TPSA) is 56.0 Å². The molecule has 10 aromatic rings. The molecule has 0 aliphatic rings. The van der Waals surface area contributed by atoms with E-state index in [2.05, 4.69) is 146 Å². The normalized spacial score (nSPS) is 11.3. The Kier molecular flexibility index (Phi) is 8.08. The van der Waals surface area contributed by atoms with Crippen molar-refractivity contribution in [2.75, 3.05) is 0 Å². The number of benzene rings is 7. The van der Waals surface area contributed by atoms with Gasteiger partial charge in [0, 0.05) is 34.0 Å². The lowest BCUT2D eigenvalue weighted by Gasteiger charge is -2.13. The molecule has 3 aromatic heterocycles. The van der Waals surface area contributed by atoms with Gasteiger partial charge in [-0.1, -0.05) is 152 Å². The maximum atomic E-state index is 5.22. The predicted octanol–water partition coefficient (Wildman–Crippen LogP) is 12.3. The average molecular weight is 704 g/mol. The Balaban J connectivity index is 1.16. The molecule has 0 atom stereocenters. The highest BCUT2D eigenvalue weighted by molar-refractivity contribution is 5.89. The molecule has 0 saturated heterocycles. The van der Waals surface area contributed by atoms with Gasteiger partial charge in [0.15, 0.2) is 17.3 Å². The molecule has 10 rings (SSSR count). The largest absolute Gasteiger partial charge is 0.228 e. The van der Waals surface area contributed by atoms with Gasteiger partial charge in [-0.25, -0.2) is 19.5 Å². The van der Waals surface area contributed by atoms with Gasteiger partial charge in [0.1, 0.15) is 0 Å². The number of aromatic nitrogens is 5. The van der Waals surface area contributed by atoms with E-state index in [-0.39, 0.29) is 0 Å². The fraction of sp³-hybridized carbons (Fsp3) is 0. The minimum absolute atomic E-state index is 0.640. The van der Waals surface area contributed by atoms with Gasteiger partial charge in [0.2, 0.25) is 0 Å². The summed E-state index contributed by atoms with van der Waals surface area (Å²) in [6.07, 6.45) is 1.96. The molecule has 0 aliphatic carbocycles. The number of rotatable bonds is 7.